The Bertz CT molecular complexity index is 1330. The Morgan fingerprint density at radius 2 is 1.88 bits per heavy atom. The van der Waals surface area contributed by atoms with Gasteiger partial charge in [0.25, 0.3) is 5.91 Å². The highest BCUT2D eigenvalue weighted by Gasteiger charge is 2.17. The van der Waals surface area contributed by atoms with E-state index in [9.17, 15) is 9.18 Å². The first-order valence-corrected chi connectivity index (χ1v) is 11.4. The average molecular weight is 499 g/mol. The predicted octanol–water partition coefficient (Wildman–Crippen LogP) is 6.45. The van der Waals surface area contributed by atoms with Crippen molar-refractivity contribution in [3.63, 3.8) is 0 Å². The van der Waals surface area contributed by atoms with E-state index in [0.29, 0.717) is 33.0 Å². The monoisotopic (exact) mass is 498 g/mol. The van der Waals surface area contributed by atoms with E-state index in [1.165, 1.54) is 24.5 Å². The molecule has 0 fully saturated rings. The molecule has 0 bridgehead atoms. The van der Waals surface area contributed by atoms with Crippen molar-refractivity contribution in [3.8, 4) is 27.8 Å². The standard InChI is InChI=1S/C25H20ClFN2O4S/c1-31-17-7-9-21(23(12-17)32-2)28-24(30)22-14-34-25(29-22)19-8-6-18(11-20(19)27)33-13-15-4-3-5-16(26)10-15/h3-12,14H,13H2,1-2H3,(H,28,30). The minimum Gasteiger partial charge on any atom is -0.497 e. The van der Waals surface area contributed by atoms with E-state index in [0.717, 1.165) is 5.56 Å². The lowest BCUT2D eigenvalue weighted by molar-refractivity contribution is 0.102. The lowest BCUT2D eigenvalue weighted by Crippen LogP contribution is -2.13. The Hall–Kier alpha value is -3.62. The number of benzene rings is 3. The number of thiazole rings is 1. The zero-order chi connectivity index (χ0) is 24.1. The molecule has 1 N–H and O–H groups in total. The second kappa shape index (κ2) is 10.5. The van der Waals surface area contributed by atoms with Crippen LogP contribution in [0.1, 0.15) is 16.1 Å². The summed E-state index contributed by atoms with van der Waals surface area (Å²) in [6, 6.07) is 16.8. The lowest BCUT2D eigenvalue weighted by Gasteiger charge is -2.10. The lowest BCUT2D eigenvalue weighted by atomic mass is 10.2. The molecule has 4 rings (SSSR count). The maximum absolute atomic E-state index is 14.8. The van der Waals surface area contributed by atoms with Crippen LogP contribution in [0.3, 0.4) is 0 Å². The van der Waals surface area contributed by atoms with E-state index < -0.39 is 11.7 Å². The molecule has 0 aliphatic rings. The second-order valence-corrected chi connectivity index (χ2v) is 8.41. The number of amides is 1. The van der Waals surface area contributed by atoms with Gasteiger partial charge in [0.1, 0.15) is 40.4 Å². The molecule has 174 valence electrons. The van der Waals surface area contributed by atoms with Crippen molar-refractivity contribution in [1.29, 1.82) is 0 Å². The minimum atomic E-state index is -0.498. The molecule has 0 saturated heterocycles. The number of anilines is 1. The SMILES string of the molecule is COc1ccc(NC(=O)c2csc(-c3ccc(OCc4cccc(Cl)c4)cc3F)n2)c(OC)c1. The van der Waals surface area contributed by atoms with Crippen LogP contribution in [0.15, 0.2) is 66.0 Å². The van der Waals surface area contributed by atoms with Gasteiger partial charge in [-0.1, -0.05) is 23.7 Å². The fourth-order valence-electron chi connectivity index (χ4n) is 3.14. The summed E-state index contributed by atoms with van der Waals surface area (Å²) >= 11 is 7.15. The summed E-state index contributed by atoms with van der Waals surface area (Å²) in [6.45, 7) is 0.260. The van der Waals surface area contributed by atoms with Crippen LogP contribution in [0.25, 0.3) is 10.6 Å². The van der Waals surface area contributed by atoms with Crippen LogP contribution in [0.5, 0.6) is 17.2 Å². The number of hydrogen-bond acceptors (Lipinski definition) is 6. The highest BCUT2D eigenvalue weighted by molar-refractivity contribution is 7.13. The summed E-state index contributed by atoms with van der Waals surface area (Å²) in [5.41, 5.74) is 1.79. The van der Waals surface area contributed by atoms with Gasteiger partial charge in [-0.3, -0.25) is 4.79 Å². The van der Waals surface area contributed by atoms with Gasteiger partial charge >= 0.3 is 0 Å². The number of aromatic nitrogens is 1. The van der Waals surface area contributed by atoms with E-state index in [1.807, 2.05) is 12.1 Å². The number of carbonyl (C=O) groups is 1. The summed E-state index contributed by atoms with van der Waals surface area (Å²) in [5.74, 6) is 0.487. The number of halogens is 2. The smallest absolute Gasteiger partial charge is 0.275 e. The van der Waals surface area contributed by atoms with Crippen LogP contribution in [0.2, 0.25) is 5.02 Å². The molecule has 4 aromatic rings. The van der Waals surface area contributed by atoms with Crippen LogP contribution < -0.4 is 19.5 Å². The van der Waals surface area contributed by atoms with E-state index in [-0.39, 0.29) is 17.9 Å². The molecule has 9 heteroatoms. The average Bonchev–Trinajstić information content (AvgIpc) is 3.33. The fraction of sp³-hybridized carbons (Fsp3) is 0.120. The van der Waals surface area contributed by atoms with E-state index in [4.69, 9.17) is 25.8 Å². The van der Waals surface area contributed by atoms with E-state index in [2.05, 4.69) is 10.3 Å². The topological polar surface area (TPSA) is 69.7 Å². The van der Waals surface area contributed by atoms with Crippen molar-refractivity contribution in [2.24, 2.45) is 0 Å². The highest BCUT2D eigenvalue weighted by atomic mass is 35.5. The number of nitrogens with zero attached hydrogens (tertiary/aromatic N) is 1. The zero-order valence-electron chi connectivity index (χ0n) is 18.3. The molecule has 1 amide bonds. The third-order valence-corrected chi connectivity index (χ3v) is 5.97. The van der Waals surface area contributed by atoms with Crippen molar-refractivity contribution in [1.82, 2.24) is 4.98 Å². The zero-order valence-corrected chi connectivity index (χ0v) is 19.9. The summed E-state index contributed by atoms with van der Waals surface area (Å²) in [5, 5.41) is 5.32. The molecule has 3 aromatic carbocycles. The first-order chi connectivity index (χ1) is 16.5. The molecule has 0 unspecified atom stereocenters. The Labute approximate surface area is 204 Å². The van der Waals surface area contributed by atoms with Crippen LogP contribution in [-0.4, -0.2) is 25.1 Å². The van der Waals surface area contributed by atoms with Gasteiger partial charge in [-0.05, 0) is 42.0 Å². The Morgan fingerprint density at radius 3 is 2.62 bits per heavy atom. The minimum absolute atomic E-state index is 0.165. The van der Waals surface area contributed by atoms with Crippen molar-refractivity contribution >= 4 is 34.5 Å². The molecule has 0 radical (unpaired) electrons. The molecule has 1 aromatic heterocycles. The number of rotatable bonds is 8. The van der Waals surface area contributed by atoms with Gasteiger partial charge in [0, 0.05) is 28.1 Å². The van der Waals surface area contributed by atoms with Gasteiger partial charge in [0.05, 0.1) is 19.9 Å². The third-order valence-electron chi connectivity index (χ3n) is 4.86. The molecule has 0 spiro atoms. The Balaban J connectivity index is 1.45. The first-order valence-electron chi connectivity index (χ1n) is 10.1. The molecular weight excluding hydrogens is 479 g/mol. The molecule has 34 heavy (non-hydrogen) atoms. The fourth-order valence-corrected chi connectivity index (χ4v) is 4.18. The largest absolute Gasteiger partial charge is 0.497 e. The van der Waals surface area contributed by atoms with Crippen molar-refractivity contribution < 1.29 is 23.4 Å². The maximum atomic E-state index is 14.8. The van der Waals surface area contributed by atoms with Crippen LogP contribution in [0, 0.1) is 5.82 Å². The second-order valence-electron chi connectivity index (χ2n) is 7.12. The summed E-state index contributed by atoms with van der Waals surface area (Å²) in [7, 11) is 3.04. The van der Waals surface area contributed by atoms with Gasteiger partial charge in [-0.2, -0.15) is 0 Å². The predicted molar refractivity (Wildman–Crippen MR) is 131 cm³/mol. The summed E-state index contributed by atoms with van der Waals surface area (Å²) < 4.78 is 30.9. The molecule has 0 aliphatic carbocycles. The maximum Gasteiger partial charge on any atom is 0.275 e. The van der Waals surface area contributed by atoms with Crippen LogP contribution >= 0.6 is 22.9 Å². The van der Waals surface area contributed by atoms with Crippen molar-refractivity contribution in [2.45, 2.75) is 6.61 Å². The van der Waals surface area contributed by atoms with Gasteiger partial charge in [0.2, 0.25) is 0 Å². The van der Waals surface area contributed by atoms with Gasteiger partial charge in [-0.25, -0.2) is 9.37 Å². The van der Waals surface area contributed by atoms with Crippen LogP contribution in [-0.2, 0) is 6.61 Å². The first kappa shape index (κ1) is 23.5. The number of methoxy groups -OCH3 is 2. The molecule has 0 saturated carbocycles. The Morgan fingerprint density at radius 1 is 1.06 bits per heavy atom. The van der Waals surface area contributed by atoms with Crippen LogP contribution in [0.4, 0.5) is 10.1 Å². The van der Waals surface area contributed by atoms with Gasteiger partial charge in [-0.15, -0.1) is 11.3 Å². The highest BCUT2D eigenvalue weighted by Crippen LogP contribution is 2.31. The summed E-state index contributed by atoms with van der Waals surface area (Å²) in [4.78, 5) is 17.0. The Kier molecular flexibility index (Phi) is 7.30. The number of carbonyl (C=O) groups excluding carboxylic acids is 1. The molecule has 6 nitrogen and oxygen atoms in total. The molecule has 0 atom stereocenters. The quantitative estimate of drug-likeness (QED) is 0.302. The number of hydrogen-bond donors (Lipinski definition) is 1. The van der Waals surface area contributed by atoms with Gasteiger partial charge in [0.15, 0.2) is 0 Å². The number of nitrogens with one attached hydrogen (secondary N) is 1. The number of ether oxygens (including phenoxy) is 3. The molecule has 1 heterocycles. The molecule has 0 aliphatic heterocycles. The van der Waals surface area contributed by atoms with E-state index >= 15 is 0 Å². The van der Waals surface area contributed by atoms with Gasteiger partial charge < -0.3 is 19.5 Å². The van der Waals surface area contributed by atoms with Crippen molar-refractivity contribution in [3.05, 3.63) is 88.1 Å². The summed E-state index contributed by atoms with van der Waals surface area (Å²) in [6.07, 6.45) is 0. The normalized spacial score (nSPS) is 10.6. The van der Waals surface area contributed by atoms with E-state index in [1.54, 1.807) is 55.0 Å². The third kappa shape index (κ3) is 5.47. The van der Waals surface area contributed by atoms with Crippen molar-refractivity contribution in [2.75, 3.05) is 19.5 Å². The molecular formula is C25H20ClFN2O4S.